The lowest BCUT2D eigenvalue weighted by Gasteiger charge is -1.95. The molecule has 0 heterocycles. The van der Waals surface area contributed by atoms with Gasteiger partial charge in [-0.1, -0.05) is 35.9 Å². The van der Waals surface area contributed by atoms with Gasteiger partial charge in [-0.25, -0.2) is 0 Å². The molecule has 0 unspecified atom stereocenters. The molecule has 0 radical (unpaired) electrons. The molecule has 0 nitrogen and oxygen atoms in total. The summed E-state index contributed by atoms with van der Waals surface area (Å²) in [5.41, 5.74) is 1.49. The van der Waals surface area contributed by atoms with Gasteiger partial charge >= 0.3 is 7.58 Å². The Hall–Kier alpha value is 1.21. The van der Waals surface area contributed by atoms with E-state index in [-0.39, 0.29) is 0 Å². The zero-order valence-corrected chi connectivity index (χ0v) is 10.9. The predicted octanol–water partition coefficient (Wildman–Crippen LogP) is 3.13. The third-order valence-electron chi connectivity index (χ3n) is 1.23. The average Bonchev–Trinajstić information content (AvgIpc) is 1.88. The zero-order chi connectivity index (χ0) is 7.40. The Kier molecular flexibility index (Phi) is 4.62. The van der Waals surface area contributed by atoms with Gasteiger partial charge in [0, 0.05) is 0 Å². The first-order valence-electron chi connectivity index (χ1n) is 3.11. The van der Waals surface area contributed by atoms with Gasteiger partial charge in [0.1, 0.15) is 0 Å². The first-order valence-corrected chi connectivity index (χ1v) is 12.3. The molecule has 0 amide bonds. The molecule has 0 N–H and O–H groups in total. The van der Waals surface area contributed by atoms with Crippen LogP contribution in [0.1, 0.15) is 5.56 Å². The van der Waals surface area contributed by atoms with Crippen LogP contribution >= 0.6 is 40.5 Å². The van der Waals surface area contributed by atoms with Crippen LogP contribution in [0.15, 0.2) is 30.3 Å². The van der Waals surface area contributed by atoms with Crippen LogP contribution in [0.2, 0.25) is 0 Å². The van der Waals surface area contributed by atoms with Crippen LogP contribution in [0.3, 0.4) is 0 Å². The molecule has 3 heteroatoms. The van der Waals surface area contributed by atoms with Crippen molar-refractivity contribution in [3.05, 3.63) is 35.9 Å². The Morgan fingerprint density at radius 2 is 1.70 bits per heavy atom. The standard InChI is InChI=1S/C7H7.Al.2HI/c1-7-5-3-2-4-6-7;;;/h2-6H,1H2;;2*1H/q;+2;;/p-2. The van der Waals surface area contributed by atoms with E-state index in [2.05, 4.69) is 70.9 Å². The molecule has 1 aromatic rings. The second kappa shape index (κ2) is 4.96. The summed E-state index contributed by atoms with van der Waals surface area (Å²) in [7, 11) is -0.457. The zero-order valence-electron chi connectivity index (χ0n) is 5.43. The van der Waals surface area contributed by atoms with E-state index < -0.39 is 7.58 Å². The van der Waals surface area contributed by atoms with Crippen molar-refractivity contribution < 1.29 is 0 Å². The van der Waals surface area contributed by atoms with Gasteiger partial charge < -0.3 is 0 Å². The van der Waals surface area contributed by atoms with Gasteiger partial charge in [-0.15, -0.1) is 0 Å². The van der Waals surface area contributed by atoms with E-state index in [1.807, 2.05) is 0 Å². The molecule has 0 aliphatic rings. The van der Waals surface area contributed by atoms with Gasteiger partial charge in [0.05, 0.1) is 0 Å². The fourth-order valence-corrected chi connectivity index (χ4v) is 4.47. The first kappa shape index (κ1) is 9.30. The molecule has 1 rings (SSSR count). The van der Waals surface area contributed by atoms with E-state index in [0.717, 1.165) is 0 Å². The van der Waals surface area contributed by atoms with E-state index in [1.165, 1.54) is 10.8 Å². The molecule has 52 valence electrons. The van der Waals surface area contributed by atoms with E-state index in [9.17, 15) is 0 Å². The van der Waals surface area contributed by atoms with Crippen molar-refractivity contribution in [1.29, 1.82) is 0 Å². The summed E-state index contributed by atoms with van der Waals surface area (Å²) >= 11 is 5.14. The van der Waals surface area contributed by atoms with Crippen LogP contribution in [0.4, 0.5) is 0 Å². The van der Waals surface area contributed by atoms with E-state index in [4.69, 9.17) is 0 Å². The second-order valence-corrected chi connectivity index (χ2v) is 19.4. The molecule has 1 aromatic carbocycles. The maximum Gasteiger partial charge on any atom is 0.450 e. The Balaban J connectivity index is 2.59. The summed E-state index contributed by atoms with van der Waals surface area (Å²) in [6.07, 6.45) is 0. The van der Waals surface area contributed by atoms with Crippen molar-refractivity contribution >= 4 is 48.1 Å². The fraction of sp³-hybridized carbons (Fsp3) is 0.143. The van der Waals surface area contributed by atoms with Gasteiger partial charge in [0.2, 0.25) is 0 Å². The van der Waals surface area contributed by atoms with Gasteiger partial charge in [-0.3, -0.25) is 0 Å². The van der Waals surface area contributed by atoms with Crippen molar-refractivity contribution in [2.75, 3.05) is 0 Å². The number of rotatable bonds is 2. The maximum absolute atomic E-state index is 2.57. The van der Waals surface area contributed by atoms with E-state index in [0.29, 0.717) is 0 Å². The highest BCUT2D eigenvalue weighted by Crippen LogP contribution is 2.11. The lowest BCUT2D eigenvalue weighted by molar-refractivity contribution is 1.40. The van der Waals surface area contributed by atoms with Gasteiger partial charge in [-0.05, 0) is 5.28 Å². The Bertz CT molecular complexity index is 186. The molecule has 0 spiro atoms. The monoisotopic (exact) mass is 372 g/mol. The number of hydrogen-bond acceptors (Lipinski definition) is 0. The minimum Gasteiger partial charge on any atom is -0.191 e. The minimum atomic E-state index is -0.457. The third-order valence-corrected chi connectivity index (χ3v) is 4.66. The SMILES string of the molecule is [I][Al]([I])[CH2]c1ccccc1. The molecular formula is C7H7AlI2. The van der Waals surface area contributed by atoms with Crippen molar-refractivity contribution in [1.82, 2.24) is 0 Å². The molecular weight excluding hydrogens is 365 g/mol. The Morgan fingerprint density at radius 1 is 1.10 bits per heavy atom. The molecule has 0 aliphatic carbocycles. The molecule has 0 atom stereocenters. The highest BCUT2D eigenvalue weighted by atomic mass is 127. The number of halogens is 2. The lowest BCUT2D eigenvalue weighted by Crippen LogP contribution is -1.96. The molecule has 0 saturated heterocycles. The minimum absolute atomic E-state index is 0.457. The van der Waals surface area contributed by atoms with Gasteiger partial charge in [0.25, 0.3) is 0 Å². The highest BCUT2D eigenvalue weighted by molar-refractivity contribution is 14.3. The molecule has 10 heavy (non-hydrogen) atoms. The first-order chi connectivity index (χ1) is 4.79. The molecule has 0 aliphatic heterocycles. The normalized spacial score (nSPS) is 9.40. The quantitative estimate of drug-likeness (QED) is 0.553. The van der Waals surface area contributed by atoms with Crippen LogP contribution < -0.4 is 0 Å². The smallest absolute Gasteiger partial charge is 0.191 e. The van der Waals surface area contributed by atoms with E-state index in [1.54, 1.807) is 0 Å². The summed E-state index contributed by atoms with van der Waals surface area (Å²) < 4.78 is 0. The summed E-state index contributed by atoms with van der Waals surface area (Å²) in [6.45, 7) is 0. The van der Waals surface area contributed by atoms with Crippen LogP contribution in [-0.4, -0.2) is 7.58 Å². The topological polar surface area (TPSA) is 0 Å². The summed E-state index contributed by atoms with van der Waals surface area (Å²) in [6, 6.07) is 10.7. The van der Waals surface area contributed by atoms with Crippen molar-refractivity contribution in [2.24, 2.45) is 0 Å². The van der Waals surface area contributed by atoms with Crippen molar-refractivity contribution in [3.63, 3.8) is 0 Å². The van der Waals surface area contributed by atoms with Crippen molar-refractivity contribution in [2.45, 2.75) is 5.28 Å². The van der Waals surface area contributed by atoms with Gasteiger partial charge in [-0.2, -0.15) is 40.5 Å². The average molecular weight is 372 g/mol. The summed E-state index contributed by atoms with van der Waals surface area (Å²) in [5, 5.41) is 1.31. The molecule has 0 saturated carbocycles. The predicted molar refractivity (Wildman–Crippen MR) is 63.9 cm³/mol. The van der Waals surface area contributed by atoms with Crippen molar-refractivity contribution in [3.8, 4) is 0 Å². The number of benzene rings is 1. The lowest BCUT2D eigenvalue weighted by atomic mass is 10.2. The number of hydrogen-bond donors (Lipinski definition) is 0. The third kappa shape index (κ3) is 3.56. The Labute approximate surface area is 88.1 Å². The Morgan fingerprint density at radius 3 is 2.20 bits per heavy atom. The van der Waals surface area contributed by atoms with Crippen LogP contribution in [-0.2, 0) is 5.28 Å². The summed E-state index contributed by atoms with van der Waals surface area (Å²) in [5.74, 6) is 0. The molecule has 0 fully saturated rings. The molecule has 0 aromatic heterocycles. The van der Waals surface area contributed by atoms with Crippen LogP contribution in [0.5, 0.6) is 0 Å². The highest BCUT2D eigenvalue weighted by Gasteiger charge is 2.07. The molecule has 0 bridgehead atoms. The van der Waals surface area contributed by atoms with Gasteiger partial charge in [0.15, 0.2) is 0 Å². The summed E-state index contributed by atoms with van der Waals surface area (Å²) in [4.78, 5) is 0. The maximum atomic E-state index is 2.57. The van der Waals surface area contributed by atoms with Crippen LogP contribution in [0, 0.1) is 0 Å². The van der Waals surface area contributed by atoms with Crippen LogP contribution in [0.25, 0.3) is 0 Å². The fourth-order valence-electron chi connectivity index (χ4n) is 0.792. The largest absolute Gasteiger partial charge is 0.450 e. The second-order valence-electron chi connectivity index (χ2n) is 2.08. The van der Waals surface area contributed by atoms with E-state index >= 15 is 0 Å².